The van der Waals surface area contributed by atoms with Crippen molar-refractivity contribution in [2.24, 2.45) is 0 Å². The molecule has 0 fully saturated rings. The van der Waals surface area contributed by atoms with Gasteiger partial charge >= 0.3 is 5.97 Å². The summed E-state index contributed by atoms with van der Waals surface area (Å²) >= 11 is 0. The molecule has 0 aliphatic rings. The molecule has 0 aromatic rings. The molecule has 3 nitrogen and oxygen atoms in total. The van der Waals surface area contributed by atoms with E-state index in [1.54, 1.807) is 6.92 Å². The van der Waals surface area contributed by atoms with Gasteiger partial charge in [0.05, 0.1) is 6.61 Å². The lowest BCUT2D eigenvalue weighted by Gasteiger charge is -2.04. The van der Waals surface area contributed by atoms with E-state index >= 15 is 0 Å². The van der Waals surface area contributed by atoms with Gasteiger partial charge in [0.25, 0.3) is 0 Å². The monoisotopic (exact) mass is 368 g/mol. The molecule has 0 bridgehead atoms. The van der Waals surface area contributed by atoms with Crippen LogP contribution >= 0.6 is 0 Å². The molecule has 0 spiro atoms. The summed E-state index contributed by atoms with van der Waals surface area (Å²) < 4.78 is 4.93. The van der Waals surface area contributed by atoms with Gasteiger partial charge in [0.15, 0.2) is 0 Å². The predicted octanol–water partition coefficient (Wildman–Crippen LogP) is 7.16. The normalized spacial score (nSPS) is 10.8. The molecule has 0 unspecified atom stereocenters. The van der Waals surface area contributed by atoms with E-state index in [9.17, 15) is 9.59 Å². The number of carbonyl (C=O) groups excluding carboxylic acids is 2. The molecule has 154 valence electrons. The van der Waals surface area contributed by atoms with Gasteiger partial charge in [0, 0.05) is 12.8 Å². The second kappa shape index (κ2) is 20.5. The van der Waals surface area contributed by atoms with Crippen molar-refractivity contribution >= 4 is 11.8 Å². The van der Waals surface area contributed by atoms with E-state index in [1.165, 1.54) is 83.5 Å². The highest BCUT2D eigenvalue weighted by Gasteiger charge is 2.00. The van der Waals surface area contributed by atoms with Crippen LogP contribution in [0.25, 0.3) is 0 Å². The van der Waals surface area contributed by atoms with Crippen LogP contribution in [0.15, 0.2) is 0 Å². The minimum Gasteiger partial charge on any atom is -0.466 e. The molecular formula is C23H44O3. The van der Waals surface area contributed by atoms with Crippen molar-refractivity contribution in [3.63, 3.8) is 0 Å². The smallest absolute Gasteiger partial charge is 0.305 e. The molecule has 3 heteroatoms. The Morgan fingerprint density at radius 1 is 0.538 bits per heavy atom. The summed E-state index contributed by atoms with van der Waals surface area (Å²) in [5.74, 6) is 0.291. The van der Waals surface area contributed by atoms with Crippen molar-refractivity contribution in [1.82, 2.24) is 0 Å². The first-order valence-corrected chi connectivity index (χ1v) is 11.3. The number of unbranched alkanes of at least 4 members (excludes halogenated alkanes) is 15. The van der Waals surface area contributed by atoms with Crippen molar-refractivity contribution < 1.29 is 14.3 Å². The average molecular weight is 369 g/mol. The Morgan fingerprint density at radius 2 is 0.846 bits per heavy atom. The highest BCUT2D eigenvalue weighted by Crippen LogP contribution is 2.14. The fourth-order valence-electron chi connectivity index (χ4n) is 3.35. The first kappa shape index (κ1) is 25.1. The maximum absolute atomic E-state index is 11.2. The first-order valence-electron chi connectivity index (χ1n) is 11.3. The zero-order chi connectivity index (χ0) is 19.3. The minimum atomic E-state index is -0.0412. The number of esters is 1. The van der Waals surface area contributed by atoms with Crippen molar-refractivity contribution in [2.45, 2.75) is 129 Å². The van der Waals surface area contributed by atoms with Gasteiger partial charge in [-0.2, -0.15) is 0 Å². The van der Waals surface area contributed by atoms with Gasteiger partial charge in [0.2, 0.25) is 0 Å². The van der Waals surface area contributed by atoms with Gasteiger partial charge in [-0.15, -0.1) is 0 Å². The Hall–Kier alpha value is -0.860. The SMILES string of the molecule is CCOC(=O)CCCCCCCCCCCCCCCCCCC(C)=O. The van der Waals surface area contributed by atoms with Crippen LogP contribution in [0, 0.1) is 0 Å². The van der Waals surface area contributed by atoms with Crippen molar-refractivity contribution in [2.75, 3.05) is 6.61 Å². The van der Waals surface area contributed by atoms with Crippen LogP contribution in [-0.2, 0) is 14.3 Å². The summed E-state index contributed by atoms with van der Waals surface area (Å²) in [4.78, 5) is 22.0. The van der Waals surface area contributed by atoms with Crippen LogP contribution in [0.4, 0.5) is 0 Å². The Morgan fingerprint density at radius 3 is 1.15 bits per heavy atom. The Kier molecular flexibility index (Phi) is 19.8. The van der Waals surface area contributed by atoms with Crippen molar-refractivity contribution in [1.29, 1.82) is 0 Å². The van der Waals surface area contributed by atoms with Gasteiger partial charge < -0.3 is 9.53 Å². The van der Waals surface area contributed by atoms with Crippen LogP contribution < -0.4 is 0 Å². The molecule has 0 aliphatic heterocycles. The second-order valence-corrected chi connectivity index (χ2v) is 7.66. The van der Waals surface area contributed by atoms with E-state index in [0.29, 0.717) is 18.8 Å². The lowest BCUT2D eigenvalue weighted by molar-refractivity contribution is -0.143. The van der Waals surface area contributed by atoms with Crippen LogP contribution in [0.2, 0.25) is 0 Å². The summed E-state index contributed by atoms with van der Waals surface area (Å²) in [6, 6.07) is 0. The molecule has 0 rings (SSSR count). The molecule has 0 saturated heterocycles. The molecule has 26 heavy (non-hydrogen) atoms. The molecule has 0 N–H and O–H groups in total. The van der Waals surface area contributed by atoms with E-state index in [4.69, 9.17) is 4.74 Å². The number of ketones is 1. The predicted molar refractivity (Wildman–Crippen MR) is 110 cm³/mol. The summed E-state index contributed by atoms with van der Waals surface area (Å²) in [7, 11) is 0. The molecule has 0 radical (unpaired) electrons. The van der Waals surface area contributed by atoms with Gasteiger partial charge in [-0.25, -0.2) is 0 Å². The van der Waals surface area contributed by atoms with E-state index in [2.05, 4.69) is 0 Å². The van der Waals surface area contributed by atoms with Gasteiger partial charge in [-0.1, -0.05) is 89.9 Å². The van der Waals surface area contributed by atoms with Crippen LogP contribution in [0.5, 0.6) is 0 Å². The number of ether oxygens (including phenoxy) is 1. The maximum Gasteiger partial charge on any atom is 0.305 e. The van der Waals surface area contributed by atoms with Crippen molar-refractivity contribution in [3.8, 4) is 0 Å². The highest BCUT2D eigenvalue weighted by molar-refractivity contribution is 5.75. The van der Waals surface area contributed by atoms with Crippen molar-refractivity contribution in [3.05, 3.63) is 0 Å². The molecule has 0 aromatic heterocycles. The van der Waals surface area contributed by atoms with E-state index in [1.807, 2.05) is 6.92 Å². The van der Waals surface area contributed by atoms with E-state index in [0.717, 1.165) is 25.7 Å². The molecular weight excluding hydrogens is 324 g/mol. The largest absolute Gasteiger partial charge is 0.466 e. The fourth-order valence-corrected chi connectivity index (χ4v) is 3.35. The van der Waals surface area contributed by atoms with Crippen LogP contribution in [-0.4, -0.2) is 18.4 Å². The number of hydrogen-bond acceptors (Lipinski definition) is 3. The van der Waals surface area contributed by atoms with E-state index < -0.39 is 0 Å². The topological polar surface area (TPSA) is 43.4 Å². The summed E-state index contributed by atoms with van der Waals surface area (Å²) in [5.41, 5.74) is 0. The number of rotatable bonds is 20. The van der Waals surface area contributed by atoms with E-state index in [-0.39, 0.29) is 5.97 Å². The quantitative estimate of drug-likeness (QED) is 0.169. The number of Topliss-reactive ketones (excluding diaryl/α,β-unsaturated/α-hetero) is 1. The fraction of sp³-hybridized carbons (Fsp3) is 0.913. The Bertz CT molecular complexity index is 325. The van der Waals surface area contributed by atoms with Gasteiger partial charge in [-0.3, -0.25) is 4.79 Å². The van der Waals surface area contributed by atoms with Crippen LogP contribution in [0.1, 0.15) is 129 Å². The molecule has 0 atom stereocenters. The maximum atomic E-state index is 11.2. The molecule has 0 saturated carbocycles. The second-order valence-electron chi connectivity index (χ2n) is 7.66. The first-order chi connectivity index (χ1) is 12.7. The summed E-state index contributed by atoms with van der Waals surface area (Å²) in [5, 5.41) is 0. The lowest BCUT2D eigenvalue weighted by Crippen LogP contribution is -2.03. The molecule has 0 aromatic carbocycles. The Balaban J connectivity index is 3.05. The number of carbonyl (C=O) groups is 2. The standard InChI is InChI=1S/C23H44O3/c1-3-26-23(25)21-19-17-15-13-11-9-7-5-4-6-8-10-12-14-16-18-20-22(2)24/h3-21H2,1-2H3. The zero-order valence-corrected chi connectivity index (χ0v) is 17.7. The third-order valence-electron chi connectivity index (χ3n) is 4.97. The summed E-state index contributed by atoms with van der Waals surface area (Å²) in [6.07, 6.45) is 22.0. The average Bonchev–Trinajstić information content (AvgIpc) is 2.60. The van der Waals surface area contributed by atoms with Crippen LogP contribution in [0.3, 0.4) is 0 Å². The third kappa shape index (κ3) is 21.2. The summed E-state index contributed by atoms with van der Waals surface area (Å²) in [6.45, 7) is 4.05. The number of hydrogen-bond donors (Lipinski definition) is 0. The minimum absolute atomic E-state index is 0.0412. The highest BCUT2D eigenvalue weighted by atomic mass is 16.5. The van der Waals surface area contributed by atoms with Gasteiger partial charge in [0.1, 0.15) is 5.78 Å². The zero-order valence-electron chi connectivity index (χ0n) is 17.7. The third-order valence-corrected chi connectivity index (χ3v) is 4.97. The van der Waals surface area contributed by atoms with Gasteiger partial charge in [-0.05, 0) is 26.7 Å². The molecule has 0 amide bonds. The molecule has 0 aliphatic carbocycles. The molecule has 0 heterocycles. The lowest BCUT2D eigenvalue weighted by atomic mass is 10.0. The Labute approximate surface area is 162 Å².